The Morgan fingerprint density at radius 1 is 1.53 bits per heavy atom. The second-order valence-electron chi connectivity index (χ2n) is 4.27. The maximum Gasteiger partial charge on any atom is 0.308 e. The van der Waals surface area contributed by atoms with Crippen molar-refractivity contribution in [2.75, 3.05) is 13.1 Å². The lowest BCUT2D eigenvalue weighted by atomic mass is 9.96. The Morgan fingerprint density at radius 2 is 2.20 bits per heavy atom. The van der Waals surface area contributed by atoms with Gasteiger partial charge in [-0.25, -0.2) is 0 Å². The Morgan fingerprint density at radius 3 is 2.73 bits per heavy atom. The summed E-state index contributed by atoms with van der Waals surface area (Å²) < 4.78 is 0. The molecule has 1 aliphatic rings. The molecule has 0 spiro atoms. The van der Waals surface area contributed by atoms with Crippen LogP contribution in [0, 0.1) is 11.8 Å². The SMILES string of the molecule is CCC(C)C(=O)N1CCCC(C(=O)O)C1. The number of aliphatic carboxylic acids is 1. The Bertz CT molecular complexity index is 252. The summed E-state index contributed by atoms with van der Waals surface area (Å²) >= 11 is 0. The van der Waals surface area contributed by atoms with Gasteiger partial charge >= 0.3 is 5.97 Å². The highest BCUT2D eigenvalue weighted by molar-refractivity contribution is 5.79. The average Bonchev–Trinajstić information content (AvgIpc) is 2.27. The number of carbonyl (C=O) groups excluding carboxylic acids is 1. The topological polar surface area (TPSA) is 57.6 Å². The Labute approximate surface area is 90.3 Å². The second-order valence-corrected chi connectivity index (χ2v) is 4.27. The molecule has 1 saturated heterocycles. The van der Waals surface area contributed by atoms with Gasteiger partial charge in [0, 0.05) is 19.0 Å². The minimum absolute atomic E-state index is 0.0116. The molecule has 1 amide bonds. The molecule has 0 aromatic carbocycles. The molecule has 0 bridgehead atoms. The summed E-state index contributed by atoms with van der Waals surface area (Å²) in [4.78, 5) is 24.4. The second kappa shape index (κ2) is 5.14. The summed E-state index contributed by atoms with van der Waals surface area (Å²) in [5, 5.41) is 8.90. The molecule has 1 N–H and O–H groups in total. The number of carboxylic acids is 1. The Hall–Kier alpha value is -1.06. The summed E-state index contributed by atoms with van der Waals surface area (Å²) in [5.74, 6) is -1.04. The van der Waals surface area contributed by atoms with Crippen LogP contribution in [0.25, 0.3) is 0 Å². The van der Waals surface area contributed by atoms with Crippen LogP contribution in [-0.2, 0) is 9.59 Å². The van der Waals surface area contributed by atoms with Crippen molar-refractivity contribution in [3.05, 3.63) is 0 Å². The molecule has 4 nitrogen and oxygen atoms in total. The molecule has 2 unspecified atom stereocenters. The van der Waals surface area contributed by atoms with E-state index >= 15 is 0 Å². The lowest BCUT2D eigenvalue weighted by Gasteiger charge is -2.32. The third-order valence-electron chi connectivity index (χ3n) is 3.12. The largest absolute Gasteiger partial charge is 0.481 e. The molecule has 1 heterocycles. The molecule has 0 aromatic heterocycles. The van der Waals surface area contributed by atoms with E-state index in [0.717, 1.165) is 12.8 Å². The third-order valence-corrected chi connectivity index (χ3v) is 3.12. The molecule has 0 aromatic rings. The fourth-order valence-corrected chi connectivity index (χ4v) is 1.87. The minimum Gasteiger partial charge on any atom is -0.481 e. The zero-order valence-electron chi connectivity index (χ0n) is 9.40. The van der Waals surface area contributed by atoms with E-state index in [2.05, 4.69) is 0 Å². The monoisotopic (exact) mass is 213 g/mol. The zero-order chi connectivity index (χ0) is 11.4. The molecule has 0 radical (unpaired) electrons. The fraction of sp³-hybridized carbons (Fsp3) is 0.818. The molecular weight excluding hydrogens is 194 g/mol. The number of carboxylic acid groups (broad SMARTS) is 1. The van der Waals surface area contributed by atoms with Crippen molar-refractivity contribution in [3.8, 4) is 0 Å². The third kappa shape index (κ3) is 2.94. The van der Waals surface area contributed by atoms with Gasteiger partial charge in [0.15, 0.2) is 0 Å². The fourth-order valence-electron chi connectivity index (χ4n) is 1.87. The van der Waals surface area contributed by atoms with E-state index < -0.39 is 5.97 Å². The smallest absolute Gasteiger partial charge is 0.308 e. The zero-order valence-corrected chi connectivity index (χ0v) is 9.40. The van der Waals surface area contributed by atoms with E-state index in [1.54, 1.807) is 4.90 Å². The van der Waals surface area contributed by atoms with Crippen LogP contribution in [0.1, 0.15) is 33.1 Å². The molecule has 0 saturated carbocycles. The van der Waals surface area contributed by atoms with Gasteiger partial charge < -0.3 is 10.0 Å². The van der Waals surface area contributed by atoms with Crippen molar-refractivity contribution in [2.45, 2.75) is 33.1 Å². The van der Waals surface area contributed by atoms with Gasteiger partial charge in [-0.2, -0.15) is 0 Å². The van der Waals surface area contributed by atoms with E-state index in [1.165, 1.54) is 0 Å². The van der Waals surface area contributed by atoms with Crippen molar-refractivity contribution < 1.29 is 14.7 Å². The van der Waals surface area contributed by atoms with E-state index in [9.17, 15) is 9.59 Å². The van der Waals surface area contributed by atoms with Crippen molar-refractivity contribution >= 4 is 11.9 Å². The van der Waals surface area contributed by atoms with E-state index in [4.69, 9.17) is 5.11 Å². The number of hydrogen-bond donors (Lipinski definition) is 1. The van der Waals surface area contributed by atoms with Crippen LogP contribution >= 0.6 is 0 Å². The molecule has 0 aliphatic carbocycles. The van der Waals surface area contributed by atoms with Crippen LogP contribution in [0.3, 0.4) is 0 Å². The number of amides is 1. The van der Waals surface area contributed by atoms with Crippen LogP contribution in [0.15, 0.2) is 0 Å². The molecule has 2 atom stereocenters. The first-order valence-electron chi connectivity index (χ1n) is 5.57. The van der Waals surface area contributed by atoms with E-state index in [0.29, 0.717) is 19.5 Å². The average molecular weight is 213 g/mol. The molecule has 15 heavy (non-hydrogen) atoms. The molecule has 4 heteroatoms. The van der Waals surface area contributed by atoms with Crippen LogP contribution in [0.2, 0.25) is 0 Å². The predicted octanol–water partition coefficient (Wildman–Crippen LogP) is 1.36. The van der Waals surface area contributed by atoms with Gasteiger partial charge in [0.05, 0.1) is 5.92 Å². The molecule has 1 fully saturated rings. The number of hydrogen-bond acceptors (Lipinski definition) is 2. The number of likely N-dealkylation sites (tertiary alicyclic amines) is 1. The number of nitrogens with zero attached hydrogens (tertiary/aromatic N) is 1. The number of piperidine rings is 1. The lowest BCUT2D eigenvalue weighted by Crippen LogP contribution is -2.44. The first-order valence-corrected chi connectivity index (χ1v) is 5.57. The van der Waals surface area contributed by atoms with Crippen LogP contribution in [0.5, 0.6) is 0 Å². The maximum absolute atomic E-state index is 11.8. The summed E-state index contributed by atoms with van der Waals surface area (Å²) in [6.45, 7) is 4.97. The number of carbonyl (C=O) groups is 2. The van der Waals surface area contributed by atoms with Crippen LogP contribution < -0.4 is 0 Å². The first kappa shape index (κ1) is 12.0. The van der Waals surface area contributed by atoms with Gasteiger partial charge in [-0.05, 0) is 19.3 Å². The van der Waals surface area contributed by atoms with Gasteiger partial charge in [-0.3, -0.25) is 9.59 Å². The first-order chi connectivity index (χ1) is 7.06. The molecule has 1 rings (SSSR count). The van der Waals surface area contributed by atoms with E-state index in [-0.39, 0.29) is 17.7 Å². The van der Waals surface area contributed by atoms with Crippen molar-refractivity contribution in [2.24, 2.45) is 11.8 Å². The summed E-state index contributed by atoms with van der Waals surface area (Å²) in [7, 11) is 0. The highest BCUT2D eigenvalue weighted by Crippen LogP contribution is 2.19. The Kier molecular flexibility index (Phi) is 4.12. The van der Waals surface area contributed by atoms with Crippen molar-refractivity contribution in [3.63, 3.8) is 0 Å². The Balaban J connectivity index is 2.56. The summed E-state index contributed by atoms with van der Waals surface area (Å²) in [5.41, 5.74) is 0. The summed E-state index contributed by atoms with van der Waals surface area (Å²) in [6.07, 6.45) is 2.31. The lowest BCUT2D eigenvalue weighted by molar-refractivity contribution is -0.146. The van der Waals surface area contributed by atoms with E-state index in [1.807, 2.05) is 13.8 Å². The summed E-state index contributed by atoms with van der Waals surface area (Å²) in [6, 6.07) is 0. The quantitative estimate of drug-likeness (QED) is 0.770. The molecule has 1 aliphatic heterocycles. The van der Waals surface area contributed by atoms with Crippen molar-refractivity contribution in [1.29, 1.82) is 0 Å². The van der Waals surface area contributed by atoms with Gasteiger partial charge in [0.25, 0.3) is 0 Å². The minimum atomic E-state index is -0.781. The standard InChI is InChI=1S/C11H19NO3/c1-3-8(2)10(13)12-6-4-5-9(7-12)11(14)15/h8-9H,3-7H2,1-2H3,(H,14,15). The van der Waals surface area contributed by atoms with Crippen LogP contribution in [-0.4, -0.2) is 35.0 Å². The maximum atomic E-state index is 11.8. The highest BCUT2D eigenvalue weighted by atomic mass is 16.4. The van der Waals surface area contributed by atoms with Gasteiger partial charge in [-0.1, -0.05) is 13.8 Å². The highest BCUT2D eigenvalue weighted by Gasteiger charge is 2.29. The predicted molar refractivity (Wildman–Crippen MR) is 56.4 cm³/mol. The van der Waals surface area contributed by atoms with Crippen LogP contribution in [0.4, 0.5) is 0 Å². The van der Waals surface area contributed by atoms with Gasteiger partial charge in [0.1, 0.15) is 0 Å². The van der Waals surface area contributed by atoms with Gasteiger partial charge in [-0.15, -0.1) is 0 Å². The molecule has 86 valence electrons. The van der Waals surface area contributed by atoms with Gasteiger partial charge in [0.2, 0.25) is 5.91 Å². The van der Waals surface area contributed by atoms with Crippen molar-refractivity contribution in [1.82, 2.24) is 4.90 Å². The molecular formula is C11H19NO3. The number of rotatable bonds is 3. The normalized spacial score (nSPS) is 23.6.